The number of nitrogens with zero attached hydrogens (tertiary/aromatic N) is 1. The number of carbonyl (C=O) groups excluding carboxylic acids is 1. The average Bonchev–Trinajstić information content (AvgIpc) is 1.69. The Morgan fingerprint density at radius 1 is 1.88 bits per heavy atom. The topological polar surface area (TPSA) is 61.1 Å². The van der Waals surface area contributed by atoms with Crippen molar-refractivity contribution in [3.8, 4) is 6.07 Å². The van der Waals surface area contributed by atoms with Crippen molar-refractivity contribution in [3.63, 3.8) is 0 Å². The molecule has 0 heterocycles. The maximum atomic E-state index is 9.63. The van der Waals surface area contributed by atoms with E-state index in [-0.39, 0.29) is 5.57 Å². The van der Waals surface area contributed by atoms with Gasteiger partial charge in [-0.1, -0.05) is 0 Å². The molecule has 1 unspecified atom stereocenters. The molecule has 0 aliphatic rings. The Kier molecular flexibility index (Phi) is 2.57. The average molecular weight is 111 g/mol. The lowest BCUT2D eigenvalue weighted by atomic mass is 10.2. The molecule has 0 radical (unpaired) electrons. The highest BCUT2D eigenvalue weighted by Crippen LogP contribution is 1.91. The first-order valence-corrected chi connectivity index (χ1v) is 2.05. The summed E-state index contributed by atoms with van der Waals surface area (Å²) in [7, 11) is 0. The third-order valence-electron chi connectivity index (χ3n) is 0.648. The lowest BCUT2D eigenvalue weighted by Gasteiger charge is -1.91. The summed E-state index contributed by atoms with van der Waals surface area (Å²) in [5.41, 5.74) is -0.259. The fraction of sp³-hybridized carbons (Fsp3) is 0.400. The van der Waals surface area contributed by atoms with Gasteiger partial charge in [0.25, 0.3) is 0 Å². The maximum absolute atomic E-state index is 9.63. The molecule has 0 fully saturated rings. The second-order valence-electron chi connectivity index (χ2n) is 1.30. The Bertz CT molecular complexity index is 160. The van der Waals surface area contributed by atoms with Gasteiger partial charge < -0.3 is 5.11 Å². The third kappa shape index (κ3) is 1.57. The molecule has 1 atom stereocenters. The van der Waals surface area contributed by atoms with Crippen molar-refractivity contribution in [3.05, 3.63) is 5.57 Å². The van der Waals surface area contributed by atoms with E-state index >= 15 is 0 Å². The minimum atomic E-state index is -0.988. The van der Waals surface area contributed by atoms with E-state index in [2.05, 4.69) is 0 Å². The zero-order valence-electron chi connectivity index (χ0n) is 4.38. The van der Waals surface area contributed by atoms with Crippen LogP contribution in [0.4, 0.5) is 0 Å². The lowest BCUT2D eigenvalue weighted by Crippen LogP contribution is -2.02. The molecule has 0 aromatic rings. The monoisotopic (exact) mass is 111 g/mol. The van der Waals surface area contributed by atoms with Gasteiger partial charge >= 0.3 is 0 Å². The molecule has 3 heteroatoms. The summed E-state index contributed by atoms with van der Waals surface area (Å²) in [6.07, 6.45) is -0.988. The molecule has 0 saturated heterocycles. The van der Waals surface area contributed by atoms with Crippen molar-refractivity contribution in [2.24, 2.45) is 0 Å². The fourth-order valence-electron chi connectivity index (χ4n) is 0.202. The Balaban J connectivity index is 4.20. The summed E-state index contributed by atoms with van der Waals surface area (Å²) in [6.45, 7) is 1.34. The number of nitriles is 1. The van der Waals surface area contributed by atoms with Gasteiger partial charge in [-0.2, -0.15) is 5.26 Å². The molecular weight excluding hydrogens is 106 g/mol. The van der Waals surface area contributed by atoms with Gasteiger partial charge in [0, 0.05) is 0 Å². The second kappa shape index (κ2) is 2.98. The van der Waals surface area contributed by atoms with Gasteiger partial charge in [0.1, 0.15) is 17.6 Å². The van der Waals surface area contributed by atoms with E-state index in [1.165, 1.54) is 18.9 Å². The van der Waals surface area contributed by atoms with Crippen LogP contribution in [0.2, 0.25) is 0 Å². The van der Waals surface area contributed by atoms with Gasteiger partial charge in [0.05, 0.1) is 6.10 Å². The Morgan fingerprint density at radius 2 is 2.38 bits per heavy atom. The van der Waals surface area contributed by atoms with Crippen LogP contribution in [0.15, 0.2) is 5.57 Å². The molecule has 3 nitrogen and oxygen atoms in total. The van der Waals surface area contributed by atoms with Gasteiger partial charge in [-0.05, 0) is 6.92 Å². The van der Waals surface area contributed by atoms with Crippen LogP contribution in [0.1, 0.15) is 6.92 Å². The van der Waals surface area contributed by atoms with Crippen molar-refractivity contribution < 1.29 is 9.90 Å². The Hall–Kier alpha value is -1.10. The second-order valence-corrected chi connectivity index (χ2v) is 1.30. The first kappa shape index (κ1) is 6.90. The molecule has 0 aromatic carbocycles. The summed E-state index contributed by atoms with van der Waals surface area (Å²) in [4.78, 5) is 9.63. The van der Waals surface area contributed by atoms with Gasteiger partial charge in [-0.25, -0.2) is 4.79 Å². The van der Waals surface area contributed by atoms with Crippen LogP contribution >= 0.6 is 0 Å². The first-order chi connectivity index (χ1) is 3.72. The normalized spacial score (nSPS) is 11.1. The van der Waals surface area contributed by atoms with Crippen LogP contribution in [0, 0.1) is 11.3 Å². The highest BCUT2D eigenvalue weighted by Gasteiger charge is 2.01. The number of hydrogen-bond donors (Lipinski definition) is 1. The molecule has 42 valence electrons. The molecule has 0 aliphatic heterocycles. The van der Waals surface area contributed by atoms with E-state index in [0.29, 0.717) is 0 Å². The van der Waals surface area contributed by atoms with Crippen molar-refractivity contribution >= 4 is 5.94 Å². The van der Waals surface area contributed by atoms with Gasteiger partial charge in [0.2, 0.25) is 0 Å². The predicted octanol–water partition coefficient (Wildman–Crippen LogP) is -0.351. The number of aliphatic hydroxyl groups is 1. The van der Waals surface area contributed by atoms with Crippen molar-refractivity contribution in [1.82, 2.24) is 0 Å². The molecule has 1 N–H and O–H groups in total. The molecular formula is C5H5NO2. The molecule has 0 bridgehead atoms. The van der Waals surface area contributed by atoms with Crippen LogP contribution < -0.4 is 0 Å². The minimum absolute atomic E-state index is 0.259. The summed E-state index contributed by atoms with van der Waals surface area (Å²) in [5, 5.41) is 16.5. The summed E-state index contributed by atoms with van der Waals surface area (Å²) in [6, 6.07) is 1.49. The van der Waals surface area contributed by atoms with E-state index in [9.17, 15) is 4.79 Å². The Labute approximate surface area is 46.9 Å². The smallest absolute Gasteiger partial charge is 0.142 e. The first-order valence-electron chi connectivity index (χ1n) is 2.05. The molecule has 0 saturated carbocycles. The van der Waals surface area contributed by atoms with Crippen LogP contribution in [0.3, 0.4) is 0 Å². The zero-order valence-corrected chi connectivity index (χ0v) is 4.38. The molecule has 8 heavy (non-hydrogen) atoms. The molecule has 0 spiro atoms. The van der Waals surface area contributed by atoms with Gasteiger partial charge in [-0.3, -0.25) is 0 Å². The quantitative estimate of drug-likeness (QED) is 0.371. The van der Waals surface area contributed by atoms with Crippen LogP contribution in [0.25, 0.3) is 0 Å². The van der Waals surface area contributed by atoms with E-state index in [1.807, 2.05) is 0 Å². The number of rotatable bonds is 1. The summed E-state index contributed by atoms with van der Waals surface area (Å²) >= 11 is 0. The number of aliphatic hydroxyl groups excluding tert-OH is 1. The molecule has 0 aliphatic carbocycles. The van der Waals surface area contributed by atoms with E-state index in [4.69, 9.17) is 10.4 Å². The molecule has 0 aromatic heterocycles. The van der Waals surface area contributed by atoms with Crippen LogP contribution in [-0.2, 0) is 4.79 Å². The zero-order chi connectivity index (χ0) is 6.57. The summed E-state index contributed by atoms with van der Waals surface area (Å²) in [5.74, 6) is 1.31. The molecule has 0 amide bonds. The van der Waals surface area contributed by atoms with Crippen LogP contribution in [-0.4, -0.2) is 17.2 Å². The minimum Gasteiger partial charge on any atom is -0.387 e. The summed E-state index contributed by atoms with van der Waals surface area (Å²) < 4.78 is 0. The Morgan fingerprint density at radius 3 is 2.38 bits per heavy atom. The SMILES string of the molecule is CC(O)C(=C=O)C#N. The molecule has 0 rings (SSSR count). The van der Waals surface area contributed by atoms with Crippen molar-refractivity contribution in [2.45, 2.75) is 13.0 Å². The van der Waals surface area contributed by atoms with E-state index < -0.39 is 6.10 Å². The van der Waals surface area contributed by atoms with Crippen LogP contribution in [0.5, 0.6) is 0 Å². The lowest BCUT2D eigenvalue weighted by molar-refractivity contribution is 0.237. The van der Waals surface area contributed by atoms with E-state index in [1.54, 1.807) is 0 Å². The van der Waals surface area contributed by atoms with Gasteiger partial charge in [-0.15, -0.1) is 0 Å². The van der Waals surface area contributed by atoms with E-state index in [0.717, 1.165) is 0 Å². The highest BCUT2D eigenvalue weighted by atomic mass is 16.3. The third-order valence-corrected chi connectivity index (χ3v) is 0.648. The predicted molar refractivity (Wildman–Crippen MR) is 26.5 cm³/mol. The van der Waals surface area contributed by atoms with Crippen molar-refractivity contribution in [2.75, 3.05) is 0 Å². The number of hydrogen-bond acceptors (Lipinski definition) is 3. The largest absolute Gasteiger partial charge is 0.387 e. The standard InChI is InChI=1S/C5H5NO2/c1-4(8)5(2-6)3-7/h4,8H,1H3. The fourth-order valence-corrected chi connectivity index (χ4v) is 0.202. The van der Waals surface area contributed by atoms with Gasteiger partial charge in [0.15, 0.2) is 0 Å². The highest BCUT2D eigenvalue weighted by molar-refractivity contribution is 5.59. The van der Waals surface area contributed by atoms with Crippen molar-refractivity contribution in [1.29, 1.82) is 5.26 Å². The maximum Gasteiger partial charge on any atom is 0.142 e.